The van der Waals surface area contributed by atoms with Crippen molar-refractivity contribution >= 4 is 39.7 Å². The van der Waals surface area contributed by atoms with E-state index in [0.717, 1.165) is 0 Å². The molecule has 2 heterocycles. The molecule has 1 unspecified atom stereocenters. The molecule has 2 aliphatic heterocycles. The molecule has 1 aromatic carbocycles. The fraction of sp³-hybridized carbons (Fsp3) is 0.0909. The highest BCUT2D eigenvalue weighted by Crippen LogP contribution is 2.17. The number of sulfonamides is 1. The Labute approximate surface area is 125 Å². The van der Waals surface area contributed by atoms with Crippen molar-refractivity contribution in [2.75, 3.05) is 0 Å². The van der Waals surface area contributed by atoms with Crippen LogP contribution in [0.15, 0.2) is 59.4 Å². The predicted octanol–water partition coefficient (Wildman–Crippen LogP) is -0.0465. The Hall–Kier alpha value is -2.79. The van der Waals surface area contributed by atoms with E-state index in [1.54, 1.807) is 0 Å². The van der Waals surface area contributed by atoms with E-state index in [4.69, 9.17) is 10.9 Å². The van der Waals surface area contributed by atoms with Gasteiger partial charge in [-0.25, -0.2) is 28.5 Å². The first-order valence-corrected chi connectivity index (χ1v) is 7.55. The third-order valence-electron chi connectivity index (χ3n) is 2.80. The highest BCUT2D eigenvalue weighted by Gasteiger charge is 2.27. The summed E-state index contributed by atoms with van der Waals surface area (Å²) in [6.07, 6.45) is 1.30. The fourth-order valence-corrected chi connectivity index (χ4v) is 2.26. The first-order chi connectivity index (χ1) is 10.4. The molecule has 0 bridgehead atoms. The lowest BCUT2D eigenvalue weighted by atomic mass is 10.2. The van der Waals surface area contributed by atoms with Crippen molar-refractivity contribution in [2.45, 2.75) is 10.9 Å². The molecule has 4 N–H and O–H groups in total. The van der Waals surface area contributed by atoms with Gasteiger partial charge < -0.3 is 5.73 Å². The van der Waals surface area contributed by atoms with Crippen LogP contribution in [0.4, 0.5) is 5.69 Å². The van der Waals surface area contributed by atoms with Crippen LogP contribution >= 0.6 is 0 Å². The van der Waals surface area contributed by atoms with Crippen LogP contribution in [-0.4, -0.2) is 38.4 Å². The predicted molar refractivity (Wildman–Crippen MR) is 81.1 cm³/mol. The maximum Gasteiger partial charge on any atom is 0.267 e. The summed E-state index contributed by atoms with van der Waals surface area (Å²) in [4.78, 5) is 16.0. The van der Waals surface area contributed by atoms with Crippen LogP contribution < -0.4 is 10.9 Å². The molecule has 1 aromatic rings. The van der Waals surface area contributed by atoms with Crippen molar-refractivity contribution in [1.82, 2.24) is 0 Å². The van der Waals surface area contributed by atoms with E-state index in [2.05, 4.69) is 30.2 Å². The van der Waals surface area contributed by atoms with Crippen LogP contribution in [0.1, 0.15) is 0 Å². The molecule has 11 heteroatoms. The second-order valence-corrected chi connectivity index (χ2v) is 5.90. The summed E-state index contributed by atoms with van der Waals surface area (Å²) >= 11 is 0. The van der Waals surface area contributed by atoms with Gasteiger partial charge in [-0.3, -0.25) is 0 Å². The van der Waals surface area contributed by atoms with Crippen LogP contribution in [0.2, 0.25) is 0 Å². The van der Waals surface area contributed by atoms with Gasteiger partial charge in [-0.15, -0.1) is 10.2 Å². The minimum absolute atomic E-state index is 0.00533. The topological polar surface area (TPSA) is 160 Å². The van der Waals surface area contributed by atoms with Gasteiger partial charge in [0.2, 0.25) is 10.0 Å². The van der Waals surface area contributed by atoms with Crippen LogP contribution in [0.25, 0.3) is 0 Å². The molecule has 3 rings (SSSR count). The van der Waals surface area contributed by atoms with Crippen molar-refractivity contribution in [3.05, 3.63) is 24.3 Å². The number of hydrogen-bond acceptors (Lipinski definition) is 9. The molecule has 0 fully saturated rings. The van der Waals surface area contributed by atoms with E-state index in [-0.39, 0.29) is 16.7 Å². The number of nitrogens with two attached hydrogens (primary N) is 2. The molecule has 22 heavy (non-hydrogen) atoms. The normalized spacial score (nSPS) is 20.6. The number of rotatable bonds is 2. The number of fused-ring (bicyclic) bond motifs is 1. The van der Waals surface area contributed by atoms with Gasteiger partial charge in [0, 0.05) is 0 Å². The Morgan fingerprint density at radius 3 is 2.50 bits per heavy atom. The molecule has 10 nitrogen and oxygen atoms in total. The molecular weight excluding hydrogens is 308 g/mol. The van der Waals surface area contributed by atoms with E-state index in [0.29, 0.717) is 11.5 Å². The Morgan fingerprint density at radius 2 is 1.86 bits per heavy atom. The largest absolute Gasteiger partial charge is 0.385 e. The standard InChI is InChI=1S/C11H10N8O2S/c12-9-8-10(15-5-14-9)17-11(16-8)19-18-6-1-3-7(4-2-6)22(13,20)21/h1-5,8H,(H2,13,20,21)(H2,12,14,15,16,17). The zero-order valence-electron chi connectivity index (χ0n) is 11.0. The summed E-state index contributed by atoms with van der Waals surface area (Å²) in [5.41, 5.74) is 6.10. The number of amidine groups is 2. The summed E-state index contributed by atoms with van der Waals surface area (Å²) < 4.78 is 22.3. The molecule has 2 aliphatic rings. The van der Waals surface area contributed by atoms with E-state index in [9.17, 15) is 8.42 Å². The Morgan fingerprint density at radius 1 is 1.14 bits per heavy atom. The van der Waals surface area contributed by atoms with E-state index in [1.165, 1.54) is 30.6 Å². The number of aliphatic imine (C=N–C) groups is 4. The maximum absolute atomic E-state index is 11.1. The number of benzene rings is 1. The minimum Gasteiger partial charge on any atom is -0.385 e. The van der Waals surface area contributed by atoms with Gasteiger partial charge in [0.1, 0.15) is 12.2 Å². The molecular formula is C11H10N8O2S. The Balaban J connectivity index is 1.79. The number of primary sulfonamides is 1. The first-order valence-electron chi connectivity index (χ1n) is 6.00. The second kappa shape index (κ2) is 5.20. The lowest BCUT2D eigenvalue weighted by molar-refractivity contribution is 0.598. The van der Waals surface area contributed by atoms with Gasteiger partial charge >= 0.3 is 0 Å². The molecule has 112 valence electrons. The summed E-state index contributed by atoms with van der Waals surface area (Å²) in [7, 11) is -3.73. The average molecular weight is 318 g/mol. The van der Waals surface area contributed by atoms with Gasteiger partial charge in [-0.2, -0.15) is 4.99 Å². The number of guanidine groups is 1. The smallest absolute Gasteiger partial charge is 0.267 e. The van der Waals surface area contributed by atoms with Gasteiger partial charge in [-0.05, 0) is 24.3 Å². The van der Waals surface area contributed by atoms with Gasteiger partial charge in [0.15, 0.2) is 11.9 Å². The summed E-state index contributed by atoms with van der Waals surface area (Å²) in [6.45, 7) is 0. The Bertz CT molecular complexity index is 864. The molecule has 0 aliphatic carbocycles. The number of azo groups is 1. The SMILES string of the molecule is NC1=NC=NC2=NC(N=Nc3ccc(S(N)(=O)=O)cc3)=NC12. The van der Waals surface area contributed by atoms with Crippen LogP contribution in [0, 0.1) is 0 Å². The monoisotopic (exact) mass is 318 g/mol. The summed E-state index contributed by atoms with van der Waals surface area (Å²) in [6, 6.07) is 5.07. The van der Waals surface area contributed by atoms with E-state index in [1.807, 2.05) is 0 Å². The molecule has 1 atom stereocenters. The van der Waals surface area contributed by atoms with E-state index >= 15 is 0 Å². The van der Waals surface area contributed by atoms with E-state index < -0.39 is 16.1 Å². The van der Waals surface area contributed by atoms with Crippen molar-refractivity contribution in [3.63, 3.8) is 0 Å². The fourth-order valence-electron chi connectivity index (χ4n) is 1.74. The molecule has 0 saturated heterocycles. The van der Waals surface area contributed by atoms with Crippen molar-refractivity contribution in [3.8, 4) is 0 Å². The van der Waals surface area contributed by atoms with Crippen LogP contribution in [-0.2, 0) is 10.0 Å². The van der Waals surface area contributed by atoms with Gasteiger partial charge in [-0.1, -0.05) is 0 Å². The number of nitrogens with zero attached hydrogens (tertiary/aromatic N) is 6. The van der Waals surface area contributed by atoms with Crippen LogP contribution in [0.5, 0.6) is 0 Å². The lowest BCUT2D eigenvalue weighted by Crippen LogP contribution is -2.34. The van der Waals surface area contributed by atoms with Crippen molar-refractivity contribution < 1.29 is 8.42 Å². The molecule has 0 aromatic heterocycles. The third-order valence-corrected chi connectivity index (χ3v) is 3.73. The Kier molecular flexibility index (Phi) is 3.35. The maximum atomic E-state index is 11.1. The first kappa shape index (κ1) is 14.2. The quantitative estimate of drug-likeness (QED) is 0.733. The van der Waals surface area contributed by atoms with Crippen molar-refractivity contribution in [2.24, 2.45) is 41.1 Å². The average Bonchev–Trinajstić information content (AvgIpc) is 2.89. The molecule has 0 amide bonds. The third kappa shape index (κ3) is 2.80. The molecule has 0 radical (unpaired) electrons. The highest BCUT2D eigenvalue weighted by molar-refractivity contribution is 7.89. The molecule has 0 spiro atoms. The second-order valence-electron chi connectivity index (χ2n) is 4.34. The summed E-state index contributed by atoms with van der Waals surface area (Å²) in [5, 5.41) is 12.8. The molecule has 0 saturated carbocycles. The van der Waals surface area contributed by atoms with Crippen LogP contribution in [0.3, 0.4) is 0 Å². The zero-order chi connectivity index (χ0) is 15.7. The van der Waals surface area contributed by atoms with Crippen molar-refractivity contribution in [1.29, 1.82) is 0 Å². The minimum atomic E-state index is -3.73. The zero-order valence-corrected chi connectivity index (χ0v) is 11.8. The van der Waals surface area contributed by atoms with Gasteiger partial charge in [0.25, 0.3) is 5.96 Å². The lowest BCUT2D eigenvalue weighted by Gasteiger charge is -2.07. The highest BCUT2D eigenvalue weighted by atomic mass is 32.2. The summed E-state index contributed by atoms with van der Waals surface area (Å²) in [5.74, 6) is 0.815. The number of hydrogen-bond donors (Lipinski definition) is 2. The van der Waals surface area contributed by atoms with Gasteiger partial charge in [0.05, 0.1) is 10.6 Å².